The van der Waals surface area contributed by atoms with E-state index in [0.29, 0.717) is 49.9 Å². The van der Waals surface area contributed by atoms with Gasteiger partial charge in [0.2, 0.25) is 0 Å². The van der Waals surface area contributed by atoms with Gasteiger partial charge in [0.25, 0.3) is 5.91 Å². The molecule has 1 heterocycles. The van der Waals surface area contributed by atoms with Crippen molar-refractivity contribution in [3.8, 4) is 11.5 Å². The number of amides is 1. The maximum atomic E-state index is 13.1. The number of benzene rings is 3. The average Bonchev–Trinajstić information content (AvgIpc) is 3.16. The van der Waals surface area contributed by atoms with Gasteiger partial charge < -0.3 is 14.6 Å². The van der Waals surface area contributed by atoms with Crippen LogP contribution in [0.1, 0.15) is 28.4 Å². The van der Waals surface area contributed by atoms with Gasteiger partial charge in [0, 0.05) is 11.6 Å². The molecule has 1 saturated heterocycles. The third-order valence-corrected chi connectivity index (χ3v) is 7.20. The van der Waals surface area contributed by atoms with Gasteiger partial charge in [0.1, 0.15) is 6.61 Å². The number of hydrogen-bond acceptors (Lipinski definition) is 6. The maximum Gasteiger partial charge on any atom is 0.335 e. The molecular formula is C27H22BrClN2O5S. The summed E-state index contributed by atoms with van der Waals surface area (Å²) >= 11 is 10.9. The normalized spacial score (nSPS) is 15.5. The van der Waals surface area contributed by atoms with Gasteiger partial charge in [-0.1, -0.05) is 23.7 Å². The zero-order chi connectivity index (χ0) is 26.5. The Morgan fingerprint density at radius 3 is 2.59 bits per heavy atom. The maximum absolute atomic E-state index is 13.1. The second-order valence-electron chi connectivity index (χ2n) is 7.86. The Kier molecular flexibility index (Phi) is 8.58. The number of likely N-dealkylation sites (N-methyl/N-ethyl adjacent to an activating group) is 1. The lowest BCUT2D eigenvalue weighted by molar-refractivity contribution is -0.122. The molecule has 0 radical (unpaired) electrons. The van der Waals surface area contributed by atoms with Crippen molar-refractivity contribution in [2.75, 3.05) is 13.7 Å². The molecule has 1 N–H and O–H groups in total. The van der Waals surface area contributed by atoms with Crippen LogP contribution in [0, 0.1) is 0 Å². The number of aliphatic imine (C=N–C) groups is 1. The standard InChI is InChI=1S/C27H22BrClN2O5S/c1-3-31-25(32)23(37-27(31)30-20-9-7-18(8-10-20)26(33)34)14-17-12-21(28)24(22(13-17)35-2)36-15-16-5-4-6-19(29)11-16/h4-14H,3,15H2,1-2H3,(H,33,34)/b23-14-,30-27?. The van der Waals surface area contributed by atoms with Gasteiger partial charge in [-0.05, 0) is 100 Å². The molecule has 10 heteroatoms. The highest BCUT2D eigenvalue weighted by Gasteiger charge is 2.32. The van der Waals surface area contributed by atoms with Gasteiger partial charge in [0.15, 0.2) is 16.7 Å². The molecule has 0 aliphatic carbocycles. The highest BCUT2D eigenvalue weighted by Crippen LogP contribution is 2.40. The number of carbonyl (C=O) groups excluding carboxylic acids is 1. The molecule has 3 aromatic carbocycles. The number of aromatic carboxylic acids is 1. The van der Waals surface area contributed by atoms with Crippen molar-refractivity contribution in [1.82, 2.24) is 4.90 Å². The topological polar surface area (TPSA) is 88.4 Å². The van der Waals surface area contributed by atoms with Gasteiger partial charge in [-0.3, -0.25) is 9.69 Å². The van der Waals surface area contributed by atoms with E-state index in [1.165, 1.54) is 23.9 Å². The molecule has 37 heavy (non-hydrogen) atoms. The third kappa shape index (κ3) is 6.36. The van der Waals surface area contributed by atoms with E-state index in [9.17, 15) is 9.59 Å². The number of ether oxygens (including phenoxy) is 2. The van der Waals surface area contributed by atoms with Crippen molar-refractivity contribution in [1.29, 1.82) is 0 Å². The molecule has 0 atom stereocenters. The van der Waals surface area contributed by atoms with E-state index in [1.54, 1.807) is 42.4 Å². The highest BCUT2D eigenvalue weighted by atomic mass is 79.9. The predicted octanol–water partition coefficient (Wildman–Crippen LogP) is 7.01. The molecule has 1 fully saturated rings. The fourth-order valence-corrected chi connectivity index (χ4v) is 5.41. The number of carboxylic acids is 1. The molecule has 0 unspecified atom stereocenters. The summed E-state index contributed by atoms with van der Waals surface area (Å²) in [5, 5.41) is 10.2. The predicted molar refractivity (Wildman–Crippen MR) is 150 cm³/mol. The van der Waals surface area contributed by atoms with Gasteiger partial charge >= 0.3 is 5.97 Å². The van der Waals surface area contributed by atoms with Crippen LogP contribution in [0.15, 0.2) is 75.0 Å². The van der Waals surface area contributed by atoms with Crippen LogP contribution in [0.3, 0.4) is 0 Å². The number of nitrogens with zero attached hydrogens (tertiary/aromatic N) is 2. The van der Waals surface area contributed by atoms with Gasteiger partial charge in [0.05, 0.1) is 27.7 Å². The minimum absolute atomic E-state index is 0.162. The molecule has 1 aliphatic rings. The molecular weight excluding hydrogens is 580 g/mol. The summed E-state index contributed by atoms with van der Waals surface area (Å²) < 4.78 is 12.2. The quantitative estimate of drug-likeness (QED) is 0.279. The lowest BCUT2D eigenvalue weighted by Gasteiger charge is -2.14. The lowest BCUT2D eigenvalue weighted by Crippen LogP contribution is -2.28. The number of hydrogen-bond donors (Lipinski definition) is 1. The van der Waals surface area contributed by atoms with Crippen molar-refractivity contribution in [3.63, 3.8) is 0 Å². The van der Waals surface area contributed by atoms with Gasteiger partial charge in [-0.2, -0.15) is 0 Å². The summed E-state index contributed by atoms with van der Waals surface area (Å²) in [6, 6.07) is 17.3. The van der Waals surface area contributed by atoms with Crippen molar-refractivity contribution in [2.45, 2.75) is 13.5 Å². The van der Waals surface area contributed by atoms with E-state index in [-0.39, 0.29) is 11.5 Å². The summed E-state index contributed by atoms with van der Waals surface area (Å²) in [4.78, 5) is 30.8. The molecule has 3 aromatic rings. The smallest absolute Gasteiger partial charge is 0.335 e. The second kappa shape index (κ2) is 11.9. The summed E-state index contributed by atoms with van der Waals surface area (Å²) in [6.45, 7) is 2.62. The number of amidine groups is 1. The van der Waals surface area contributed by atoms with Crippen LogP contribution in [-0.4, -0.2) is 40.7 Å². The average molecular weight is 602 g/mol. The molecule has 0 bridgehead atoms. The molecule has 0 saturated carbocycles. The Morgan fingerprint density at radius 2 is 1.95 bits per heavy atom. The fraction of sp³-hybridized carbons (Fsp3) is 0.148. The minimum Gasteiger partial charge on any atom is -0.493 e. The van der Waals surface area contributed by atoms with Crippen LogP contribution in [0.4, 0.5) is 5.69 Å². The van der Waals surface area contributed by atoms with Crippen LogP contribution in [0.5, 0.6) is 11.5 Å². The van der Waals surface area contributed by atoms with E-state index < -0.39 is 5.97 Å². The first-order valence-corrected chi connectivity index (χ1v) is 13.2. The zero-order valence-electron chi connectivity index (χ0n) is 19.9. The van der Waals surface area contributed by atoms with E-state index in [1.807, 2.05) is 31.2 Å². The Morgan fingerprint density at radius 1 is 1.19 bits per heavy atom. The largest absolute Gasteiger partial charge is 0.493 e. The molecule has 1 amide bonds. The van der Waals surface area contributed by atoms with E-state index >= 15 is 0 Å². The SMILES string of the molecule is CCN1C(=O)/C(=C/c2cc(Br)c(OCc3cccc(Cl)c3)c(OC)c2)SC1=Nc1ccc(C(=O)O)cc1. The first kappa shape index (κ1) is 26.8. The summed E-state index contributed by atoms with van der Waals surface area (Å²) in [6.07, 6.45) is 1.78. The Labute approximate surface area is 231 Å². The number of rotatable bonds is 8. The Hall–Kier alpha value is -3.27. The van der Waals surface area contributed by atoms with Crippen LogP contribution >= 0.6 is 39.3 Å². The summed E-state index contributed by atoms with van der Waals surface area (Å²) in [5.41, 5.74) is 2.40. The molecule has 1 aliphatic heterocycles. The van der Waals surface area contributed by atoms with E-state index in [0.717, 1.165) is 11.1 Å². The van der Waals surface area contributed by atoms with Crippen LogP contribution < -0.4 is 9.47 Å². The van der Waals surface area contributed by atoms with Crippen molar-refractivity contribution >= 4 is 68.1 Å². The first-order chi connectivity index (χ1) is 17.8. The molecule has 4 rings (SSSR count). The number of carboxylic acid groups (broad SMARTS) is 1. The van der Waals surface area contributed by atoms with Crippen LogP contribution in [0.2, 0.25) is 5.02 Å². The molecule has 190 valence electrons. The van der Waals surface area contributed by atoms with Crippen molar-refractivity contribution in [2.24, 2.45) is 4.99 Å². The van der Waals surface area contributed by atoms with Crippen molar-refractivity contribution in [3.05, 3.63) is 91.8 Å². The lowest BCUT2D eigenvalue weighted by atomic mass is 10.1. The Balaban J connectivity index is 1.58. The number of thioether (sulfide) groups is 1. The first-order valence-electron chi connectivity index (χ1n) is 11.2. The number of carbonyl (C=O) groups is 2. The third-order valence-electron chi connectivity index (χ3n) is 5.37. The van der Waals surface area contributed by atoms with Gasteiger partial charge in [-0.25, -0.2) is 9.79 Å². The van der Waals surface area contributed by atoms with Crippen LogP contribution in [0.25, 0.3) is 6.08 Å². The highest BCUT2D eigenvalue weighted by molar-refractivity contribution is 9.10. The Bertz CT molecular complexity index is 1410. The number of halogens is 2. The zero-order valence-corrected chi connectivity index (χ0v) is 23.1. The fourth-order valence-electron chi connectivity index (χ4n) is 3.56. The molecule has 0 aromatic heterocycles. The second-order valence-corrected chi connectivity index (χ2v) is 10.2. The van der Waals surface area contributed by atoms with Crippen molar-refractivity contribution < 1.29 is 24.2 Å². The molecule has 0 spiro atoms. The van der Waals surface area contributed by atoms with Gasteiger partial charge in [-0.15, -0.1) is 0 Å². The minimum atomic E-state index is -1.01. The summed E-state index contributed by atoms with van der Waals surface area (Å²) in [5.74, 6) is -0.118. The van der Waals surface area contributed by atoms with E-state index in [4.69, 9.17) is 26.2 Å². The van der Waals surface area contributed by atoms with Crippen LogP contribution in [-0.2, 0) is 11.4 Å². The molecule has 7 nitrogen and oxygen atoms in total. The van der Waals surface area contributed by atoms with E-state index in [2.05, 4.69) is 20.9 Å². The summed E-state index contributed by atoms with van der Waals surface area (Å²) in [7, 11) is 1.56. The monoisotopic (exact) mass is 600 g/mol. The number of methoxy groups -OCH3 is 1.